The maximum atomic E-state index is 12.5. The first-order valence-electron chi connectivity index (χ1n) is 7.99. The Hall–Kier alpha value is -2.74. The molecule has 0 bridgehead atoms. The summed E-state index contributed by atoms with van der Waals surface area (Å²) in [6.07, 6.45) is 1.74. The standard InChI is InChI=1S/C18H20N2O5S/c1-4-16(13-5-8-15(9-6-13)26(3,24)25)19-18(21)14-7-10-17(20(22)23)12(2)11-14/h5-11,16H,4H2,1-3H3,(H,19,21)/t16-/m1/s1. The van der Waals surface area contributed by atoms with Crippen molar-refractivity contribution in [3.63, 3.8) is 0 Å². The van der Waals surface area contributed by atoms with E-state index in [1.54, 1.807) is 19.1 Å². The minimum absolute atomic E-state index is 0.0371. The smallest absolute Gasteiger partial charge is 0.272 e. The van der Waals surface area contributed by atoms with Gasteiger partial charge in [0.15, 0.2) is 9.84 Å². The van der Waals surface area contributed by atoms with Gasteiger partial charge in [0.25, 0.3) is 11.6 Å². The Balaban J connectivity index is 2.20. The van der Waals surface area contributed by atoms with Gasteiger partial charge in [0.2, 0.25) is 0 Å². The lowest BCUT2D eigenvalue weighted by Crippen LogP contribution is -2.28. The number of nitro benzene ring substituents is 1. The molecule has 1 N–H and O–H groups in total. The summed E-state index contributed by atoms with van der Waals surface area (Å²) >= 11 is 0. The van der Waals surface area contributed by atoms with Crippen LogP contribution >= 0.6 is 0 Å². The molecule has 1 amide bonds. The third-order valence-corrected chi connectivity index (χ3v) is 5.21. The van der Waals surface area contributed by atoms with Gasteiger partial charge in [-0.05, 0) is 43.2 Å². The van der Waals surface area contributed by atoms with Crippen molar-refractivity contribution in [2.24, 2.45) is 0 Å². The van der Waals surface area contributed by atoms with Gasteiger partial charge in [-0.2, -0.15) is 0 Å². The SMILES string of the molecule is CC[C@@H](NC(=O)c1ccc([N+](=O)[O-])c(C)c1)c1ccc(S(C)(=O)=O)cc1. The van der Waals surface area contributed by atoms with Crippen molar-refractivity contribution in [1.82, 2.24) is 5.32 Å². The van der Waals surface area contributed by atoms with E-state index in [1.807, 2.05) is 6.92 Å². The molecule has 138 valence electrons. The molecule has 0 fully saturated rings. The van der Waals surface area contributed by atoms with Crippen molar-refractivity contribution >= 4 is 21.4 Å². The summed E-state index contributed by atoms with van der Waals surface area (Å²) in [5, 5.41) is 13.7. The predicted octanol–water partition coefficient (Wildman–Crippen LogP) is 3.19. The maximum Gasteiger partial charge on any atom is 0.272 e. The summed E-state index contributed by atoms with van der Waals surface area (Å²) in [6.45, 7) is 3.48. The van der Waals surface area contributed by atoms with E-state index in [2.05, 4.69) is 5.32 Å². The molecule has 7 nitrogen and oxygen atoms in total. The fourth-order valence-electron chi connectivity index (χ4n) is 2.61. The first kappa shape index (κ1) is 19.6. The molecule has 0 saturated carbocycles. The van der Waals surface area contributed by atoms with E-state index in [9.17, 15) is 23.3 Å². The summed E-state index contributed by atoms with van der Waals surface area (Å²) < 4.78 is 23.1. The van der Waals surface area contributed by atoms with Gasteiger partial charge < -0.3 is 5.32 Å². The molecule has 0 aliphatic carbocycles. The van der Waals surface area contributed by atoms with E-state index in [-0.39, 0.29) is 22.5 Å². The van der Waals surface area contributed by atoms with Crippen molar-refractivity contribution in [2.75, 3.05) is 6.26 Å². The molecule has 2 rings (SSSR count). The van der Waals surface area contributed by atoms with Gasteiger partial charge in [-0.15, -0.1) is 0 Å². The highest BCUT2D eigenvalue weighted by Crippen LogP contribution is 2.22. The Labute approximate surface area is 152 Å². The topological polar surface area (TPSA) is 106 Å². The Morgan fingerprint density at radius 2 is 1.81 bits per heavy atom. The van der Waals surface area contributed by atoms with E-state index in [1.165, 1.54) is 30.3 Å². The monoisotopic (exact) mass is 376 g/mol. The van der Waals surface area contributed by atoms with Gasteiger partial charge in [-0.1, -0.05) is 19.1 Å². The number of nitro groups is 1. The number of hydrogen-bond acceptors (Lipinski definition) is 5. The number of carbonyl (C=O) groups excluding carboxylic acids is 1. The summed E-state index contributed by atoms with van der Waals surface area (Å²) in [5.74, 6) is -0.345. The summed E-state index contributed by atoms with van der Waals surface area (Å²) in [6, 6.07) is 10.3. The molecule has 0 aliphatic heterocycles. The number of sulfone groups is 1. The number of rotatable bonds is 6. The molecule has 0 heterocycles. The highest BCUT2D eigenvalue weighted by atomic mass is 32.2. The van der Waals surface area contributed by atoms with Crippen LogP contribution in [0.3, 0.4) is 0 Å². The van der Waals surface area contributed by atoms with Gasteiger partial charge in [-0.25, -0.2) is 8.42 Å². The van der Waals surface area contributed by atoms with Gasteiger partial charge in [0.05, 0.1) is 15.9 Å². The number of carbonyl (C=O) groups is 1. The molecule has 2 aromatic carbocycles. The Morgan fingerprint density at radius 1 is 1.19 bits per heavy atom. The zero-order valence-electron chi connectivity index (χ0n) is 14.7. The lowest BCUT2D eigenvalue weighted by molar-refractivity contribution is -0.385. The van der Waals surface area contributed by atoms with Crippen molar-refractivity contribution in [3.8, 4) is 0 Å². The molecule has 0 spiro atoms. The van der Waals surface area contributed by atoms with Crippen LogP contribution in [0.5, 0.6) is 0 Å². The van der Waals surface area contributed by atoms with Crippen molar-refractivity contribution in [2.45, 2.75) is 31.2 Å². The van der Waals surface area contributed by atoms with Crippen LogP contribution in [0.2, 0.25) is 0 Å². The van der Waals surface area contributed by atoms with Gasteiger partial charge >= 0.3 is 0 Å². The molecular weight excluding hydrogens is 356 g/mol. The molecule has 0 radical (unpaired) electrons. The number of benzene rings is 2. The van der Waals surface area contributed by atoms with Crippen LogP contribution in [0.4, 0.5) is 5.69 Å². The molecule has 26 heavy (non-hydrogen) atoms. The second-order valence-corrected chi connectivity index (χ2v) is 8.05. The Kier molecular flexibility index (Phi) is 5.76. The van der Waals surface area contributed by atoms with Crippen molar-refractivity contribution in [1.29, 1.82) is 0 Å². The normalized spacial score (nSPS) is 12.4. The van der Waals surface area contributed by atoms with Crippen molar-refractivity contribution < 1.29 is 18.1 Å². The van der Waals surface area contributed by atoms with Crippen LogP contribution in [0, 0.1) is 17.0 Å². The zero-order chi connectivity index (χ0) is 19.5. The average molecular weight is 376 g/mol. The fourth-order valence-corrected chi connectivity index (χ4v) is 3.24. The van der Waals surface area contributed by atoms with Crippen LogP contribution < -0.4 is 5.32 Å². The lowest BCUT2D eigenvalue weighted by atomic mass is 10.0. The van der Waals surface area contributed by atoms with Gasteiger partial charge in [-0.3, -0.25) is 14.9 Å². The van der Waals surface area contributed by atoms with Crippen LogP contribution in [0.15, 0.2) is 47.4 Å². The van der Waals surface area contributed by atoms with Crippen LogP contribution in [-0.4, -0.2) is 25.5 Å². The quantitative estimate of drug-likeness (QED) is 0.615. The van der Waals surface area contributed by atoms with Gasteiger partial charge in [0.1, 0.15) is 0 Å². The number of nitrogens with one attached hydrogen (secondary N) is 1. The largest absolute Gasteiger partial charge is 0.345 e. The summed E-state index contributed by atoms with van der Waals surface area (Å²) in [4.78, 5) is 23.1. The number of hydrogen-bond donors (Lipinski definition) is 1. The minimum Gasteiger partial charge on any atom is -0.345 e. The second kappa shape index (κ2) is 7.65. The molecule has 0 saturated heterocycles. The Morgan fingerprint density at radius 3 is 2.27 bits per heavy atom. The van der Waals surface area contributed by atoms with Gasteiger partial charge in [0, 0.05) is 23.4 Å². The maximum absolute atomic E-state index is 12.5. The first-order chi connectivity index (χ1) is 12.1. The molecule has 8 heteroatoms. The minimum atomic E-state index is -3.28. The van der Waals surface area contributed by atoms with E-state index in [0.29, 0.717) is 17.5 Å². The first-order valence-corrected chi connectivity index (χ1v) is 9.88. The fraction of sp³-hybridized carbons (Fsp3) is 0.278. The average Bonchev–Trinajstić information content (AvgIpc) is 2.58. The predicted molar refractivity (Wildman–Crippen MR) is 97.9 cm³/mol. The molecule has 0 unspecified atom stereocenters. The highest BCUT2D eigenvalue weighted by Gasteiger charge is 2.18. The third-order valence-electron chi connectivity index (χ3n) is 4.08. The van der Waals surface area contributed by atoms with E-state index in [0.717, 1.165) is 11.8 Å². The number of aryl methyl sites for hydroxylation is 1. The van der Waals surface area contributed by atoms with E-state index < -0.39 is 14.8 Å². The van der Waals surface area contributed by atoms with Crippen LogP contribution in [0.1, 0.15) is 40.9 Å². The zero-order valence-corrected chi connectivity index (χ0v) is 15.5. The molecule has 1 atom stereocenters. The molecule has 0 aromatic heterocycles. The third kappa shape index (κ3) is 4.45. The Bertz CT molecular complexity index is 937. The molecule has 0 aliphatic rings. The summed E-state index contributed by atoms with van der Waals surface area (Å²) in [7, 11) is -3.28. The van der Waals surface area contributed by atoms with Crippen LogP contribution in [-0.2, 0) is 9.84 Å². The van der Waals surface area contributed by atoms with Crippen LogP contribution in [0.25, 0.3) is 0 Å². The molecular formula is C18H20N2O5S. The molecule has 2 aromatic rings. The highest BCUT2D eigenvalue weighted by molar-refractivity contribution is 7.90. The van der Waals surface area contributed by atoms with E-state index in [4.69, 9.17) is 0 Å². The van der Waals surface area contributed by atoms with Crippen molar-refractivity contribution in [3.05, 3.63) is 69.3 Å². The summed E-state index contributed by atoms with van der Waals surface area (Å²) in [5.41, 5.74) is 1.49. The number of amides is 1. The lowest BCUT2D eigenvalue weighted by Gasteiger charge is -2.18. The van der Waals surface area contributed by atoms with E-state index >= 15 is 0 Å². The number of nitrogens with zero attached hydrogens (tertiary/aromatic N) is 1. The second-order valence-electron chi connectivity index (χ2n) is 6.03.